The van der Waals surface area contributed by atoms with Crippen molar-refractivity contribution in [3.05, 3.63) is 72.3 Å². The highest BCUT2D eigenvalue weighted by molar-refractivity contribution is 5.79. The minimum absolute atomic E-state index is 0.583. The van der Waals surface area contributed by atoms with Crippen molar-refractivity contribution in [2.45, 2.75) is 39.7 Å². The first kappa shape index (κ1) is 21.4. The van der Waals surface area contributed by atoms with Crippen molar-refractivity contribution in [2.75, 3.05) is 17.7 Å². The van der Waals surface area contributed by atoms with Gasteiger partial charge in [0.25, 0.3) is 0 Å². The number of nitrogens with one attached hydrogen (secondary N) is 4. The first-order valence-corrected chi connectivity index (χ1v) is 10.6. The average molecular weight is 405 g/mol. The van der Waals surface area contributed by atoms with Crippen LogP contribution in [0.3, 0.4) is 0 Å². The van der Waals surface area contributed by atoms with Crippen molar-refractivity contribution < 1.29 is 0 Å². The zero-order valence-corrected chi connectivity index (χ0v) is 18.1. The van der Waals surface area contributed by atoms with E-state index in [2.05, 4.69) is 81.7 Å². The van der Waals surface area contributed by atoms with Crippen LogP contribution in [0, 0.1) is 5.92 Å². The Labute approximate surface area is 178 Å². The molecule has 4 rings (SSSR count). The van der Waals surface area contributed by atoms with E-state index in [0.29, 0.717) is 18.4 Å². The lowest BCUT2D eigenvalue weighted by molar-refractivity contribution is 0.845. The number of allylic oxidation sites excluding steroid dienone is 2. The van der Waals surface area contributed by atoms with Crippen LogP contribution in [0.2, 0.25) is 0 Å². The minimum atomic E-state index is 0.583. The molecule has 6 nitrogen and oxygen atoms in total. The number of benzene rings is 1. The van der Waals surface area contributed by atoms with Gasteiger partial charge in [0.15, 0.2) is 0 Å². The third kappa shape index (κ3) is 6.11. The molecule has 1 aromatic carbocycles. The number of anilines is 2. The summed E-state index contributed by atoms with van der Waals surface area (Å²) in [7, 11) is 1.95. The maximum Gasteiger partial charge on any atom is 0.224 e. The van der Waals surface area contributed by atoms with Gasteiger partial charge in [0.05, 0.1) is 0 Å². The number of rotatable bonds is 8. The molecule has 2 aromatic heterocycles. The second kappa shape index (κ2) is 10.5. The summed E-state index contributed by atoms with van der Waals surface area (Å²) in [4.78, 5) is 12.1. The Kier molecular flexibility index (Phi) is 7.49. The molecule has 0 bridgehead atoms. The summed E-state index contributed by atoms with van der Waals surface area (Å²) in [5.74, 6) is 1.95. The topological polar surface area (TPSA) is 77.7 Å². The fourth-order valence-corrected chi connectivity index (χ4v) is 3.08. The normalized spacial score (nSPS) is 13.4. The molecule has 2 heterocycles. The summed E-state index contributed by atoms with van der Waals surface area (Å²) < 4.78 is 0. The fourth-order valence-electron chi connectivity index (χ4n) is 3.08. The average Bonchev–Trinajstić information content (AvgIpc) is 3.48. The lowest BCUT2D eigenvalue weighted by atomic mass is 10.1. The third-order valence-electron chi connectivity index (χ3n) is 4.65. The second-order valence-corrected chi connectivity index (χ2v) is 7.50. The number of H-pyrrole nitrogens is 1. The van der Waals surface area contributed by atoms with Gasteiger partial charge in [0.1, 0.15) is 5.82 Å². The summed E-state index contributed by atoms with van der Waals surface area (Å²) in [5, 5.41) is 11.0. The maximum absolute atomic E-state index is 4.52. The van der Waals surface area contributed by atoms with Gasteiger partial charge in [0, 0.05) is 42.9 Å². The highest BCUT2D eigenvalue weighted by atomic mass is 15.1. The number of hydrogen-bond acceptors (Lipinski definition) is 5. The summed E-state index contributed by atoms with van der Waals surface area (Å²) in [6.07, 6.45) is 9.48. The van der Waals surface area contributed by atoms with Crippen molar-refractivity contribution in [3.8, 4) is 0 Å². The van der Waals surface area contributed by atoms with Crippen LogP contribution in [-0.2, 0) is 6.54 Å². The van der Waals surface area contributed by atoms with Gasteiger partial charge in [-0.05, 0) is 54.0 Å². The van der Waals surface area contributed by atoms with Crippen LogP contribution in [0.4, 0.5) is 11.8 Å². The lowest BCUT2D eigenvalue weighted by Gasteiger charge is -2.10. The molecular weight excluding hydrogens is 372 g/mol. The SMILES string of the molecule is C=C(/C=C(\NC)C1CC1)Nc1ccnc(NCc2ccc3cc[nH]c3c2)n1.CCC. The Bertz CT molecular complexity index is 1000. The molecule has 3 aromatic rings. The Morgan fingerprint density at radius 2 is 2.03 bits per heavy atom. The van der Waals surface area contributed by atoms with E-state index in [-0.39, 0.29) is 0 Å². The van der Waals surface area contributed by atoms with E-state index in [0.717, 1.165) is 17.0 Å². The fraction of sp³-hybridized carbons (Fsp3) is 0.333. The quantitative estimate of drug-likeness (QED) is 0.377. The lowest BCUT2D eigenvalue weighted by Crippen LogP contribution is -2.10. The van der Waals surface area contributed by atoms with E-state index in [4.69, 9.17) is 0 Å². The number of fused-ring (bicyclic) bond motifs is 1. The van der Waals surface area contributed by atoms with Crippen molar-refractivity contribution in [2.24, 2.45) is 5.92 Å². The molecule has 0 aliphatic heterocycles. The minimum Gasteiger partial charge on any atom is -0.391 e. The molecule has 0 radical (unpaired) electrons. The second-order valence-electron chi connectivity index (χ2n) is 7.50. The zero-order chi connectivity index (χ0) is 21.3. The smallest absolute Gasteiger partial charge is 0.224 e. The zero-order valence-electron chi connectivity index (χ0n) is 18.1. The van der Waals surface area contributed by atoms with Gasteiger partial charge in [-0.2, -0.15) is 4.98 Å². The van der Waals surface area contributed by atoms with Gasteiger partial charge >= 0.3 is 0 Å². The molecule has 1 aliphatic carbocycles. The van der Waals surface area contributed by atoms with Crippen LogP contribution in [0.1, 0.15) is 38.7 Å². The predicted octanol–water partition coefficient (Wildman–Crippen LogP) is 5.43. The van der Waals surface area contributed by atoms with Crippen molar-refractivity contribution in [1.29, 1.82) is 0 Å². The first-order valence-electron chi connectivity index (χ1n) is 10.6. The Balaban J connectivity index is 0.000000806. The van der Waals surface area contributed by atoms with Crippen molar-refractivity contribution in [1.82, 2.24) is 20.3 Å². The van der Waals surface area contributed by atoms with Crippen LogP contribution < -0.4 is 16.0 Å². The van der Waals surface area contributed by atoms with Crippen LogP contribution in [0.15, 0.2) is 66.8 Å². The Hall–Kier alpha value is -3.28. The number of hydrogen-bond donors (Lipinski definition) is 4. The highest BCUT2D eigenvalue weighted by Gasteiger charge is 2.25. The van der Waals surface area contributed by atoms with Crippen molar-refractivity contribution in [3.63, 3.8) is 0 Å². The van der Waals surface area contributed by atoms with Gasteiger partial charge in [0.2, 0.25) is 5.95 Å². The van der Waals surface area contributed by atoms with Crippen LogP contribution in [-0.4, -0.2) is 22.0 Å². The Morgan fingerprint density at radius 3 is 2.77 bits per heavy atom. The van der Waals surface area contributed by atoms with E-state index >= 15 is 0 Å². The van der Waals surface area contributed by atoms with Gasteiger partial charge in [-0.1, -0.05) is 39.0 Å². The third-order valence-corrected chi connectivity index (χ3v) is 4.65. The highest BCUT2D eigenvalue weighted by Crippen LogP contribution is 2.35. The summed E-state index contributed by atoms with van der Waals surface area (Å²) in [6, 6.07) is 10.3. The summed E-state index contributed by atoms with van der Waals surface area (Å²) in [5.41, 5.74) is 4.33. The van der Waals surface area contributed by atoms with Gasteiger partial charge in [-0.15, -0.1) is 0 Å². The molecule has 0 amide bonds. The van der Waals surface area contributed by atoms with Crippen LogP contribution >= 0.6 is 0 Å². The molecule has 4 N–H and O–H groups in total. The largest absolute Gasteiger partial charge is 0.391 e. The first-order chi connectivity index (χ1) is 14.6. The molecule has 30 heavy (non-hydrogen) atoms. The van der Waals surface area contributed by atoms with E-state index < -0.39 is 0 Å². The van der Waals surface area contributed by atoms with E-state index in [1.807, 2.05) is 19.3 Å². The van der Waals surface area contributed by atoms with Crippen LogP contribution in [0.5, 0.6) is 0 Å². The standard InChI is InChI=1S/C21H24N6.C3H8/c1-14(11-18(22-2)16-5-6-16)26-20-8-10-24-21(27-20)25-13-15-3-4-17-7-9-23-19(17)12-15;1-3-2/h3-4,7-12,16,22-23H,1,5-6,13H2,2H3,(H2,24,25,26,27);3H2,1-2H3/b18-11-;. The van der Waals surface area contributed by atoms with E-state index in [1.54, 1.807) is 6.20 Å². The van der Waals surface area contributed by atoms with Crippen molar-refractivity contribution >= 4 is 22.7 Å². The Morgan fingerprint density at radius 1 is 1.23 bits per heavy atom. The van der Waals surface area contributed by atoms with Gasteiger partial charge in [-0.3, -0.25) is 0 Å². The molecule has 1 fully saturated rings. The van der Waals surface area contributed by atoms with E-state index in [1.165, 1.54) is 35.9 Å². The van der Waals surface area contributed by atoms with Gasteiger partial charge in [-0.25, -0.2) is 4.98 Å². The molecule has 1 aliphatic rings. The maximum atomic E-state index is 4.52. The summed E-state index contributed by atoms with van der Waals surface area (Å²) in [6.45, 7) is 8.99. The molecule has 0 unspecified atom stereocenters. The molecule has 0 atom stereocenters. The molecule has 158 valence electrons. The summed E-state index contributed by atoms with van der Waals surface area (Å²) >= 11 is 0. The monoisotopic (exact) mass is 404 g/mol. The molecular formula is C24H32N6. The number of aromatic nitrogens is 3. The molecule has 1 saturated carbocycles. The van der Waals surface area contributed by atoms with Crippen LogP contribution in [0.25, 0.3) is 10.9 Å². The number of aromatic amines is 1. The molecule has 0 saturated heterocycles. The number of nitrogens with zero attached hydrogens (tertiary/aromatic N) is 2. The van der Waals surface area contributed by atoms with E-state index in [9.17, 15) is 0 Å². The predicted molar refractivity (Wildman–Crippen MR) is 126 cm³/mol. The van der Waals surface area contributed by atoms with Gasteiger partial charge < -0.3 is 20.9 Å². The molecule has 0 spiro atoms. The molecule has 6 heteroatoms.